The molecule has 2 aliphatic rings. The van der Waals surface area contributed by atoms with Crippen LogP contribution in [0.1, 0.15) is 40.9 Å². The van der Waals surface area contributed by atoms with Crippen LogP contribution in [0.4, 0.5) is 0 Å². The Morgan fingerprint density at radius 1 is 0.923 bits per heavy atom. The highest BCUT2D eigenvalue weighted by Crippen LogP contribution is 2.47. The molecule has 0 aliphatic carbocycles. The van der Waals surface area contributed by atoms with Crippen LogP contribution in [-0.4, -0.2) is 10.7 Å². The number of hydrogen-bond donors (Lipinski definition) is 0. The lowest BCUT2D eigenvalue weighted by Crippen LogP contribution is -2.33. The van der Waals surface area contributed by atoms with Crippen molar-refractivity contribution in [2.75, 3.05) is 0 Å². The van der Waals surface area contributed by atoms with Crippen molar-refractivity contribution in [3.8, 4) is 5.75 Å². The number of nitrogens with zero attached hydrogens (tertiary/aromatic N) is 2. The smallest absolute Gasteiger partial charge is 0.213 e. The molecule has 5 rings (SSSR count). The molecule has 0 aromatic heterocycles. The topological polar surface area (TPSA) is 24.8 Å². The van der Waals surface area contributed by atoms with Gasteiger partial charge in [0.05, 0.1) is 11.8 Å². The van der Waals surface area contributed by atoms with Gasteiger partial charge in [-0.2, -0.15) is 5.10 Å². The molecule has 0 bridgehead atoms. The Balaban J connectivity index is 1.61. The number of aryl methyl sites for hydroxylation is 1. The summed E-state index contributed by atoms with van der Waals surface area (Å²) in [7, 11) is 0. The second-order valence-corrected chi connectivity index (χ2v) is 6.93. The van der Waals surface area contributed by atoms with Gasteiger partial charge < -0.3 is 4.74 Å². The summed E-state index contributed by atoms with van der Waals surface area (Å²) in [6, 6.07) is 27.5. The van der Waals surface area contributed by atoms with Gasteiger partial charge >= 0.3 is 0 Å². The molecule has 128 valence electrons. The minimum Gasteiger partial charge on any atom is -0.464 e. The van der Waals surface area contributed by atoms with Crippen LogP contribution in [0.3, 0.4) is 0 Å². The number of hydrogen-bond acceptors (Lipinski definition) is 3. The minimum absolute atomic E-state index is 0.198. The summed E-state index contributed by atoms with van der Waals surface area (Å²) < 4.78 is 6.39. The first-order valence-electron chi connectivity index (χ1n) is 9.03. The van der Waals surface area contributed by atoms with Crippen molar-refractivity contribution < 1.29 is 4.74 Å². The Labute approximate surface area is 153 Å². The fourth-order valence-electron chi connectivity index (χ4n) is 3.88. The zero-order valence-corrected chi connectivity index (χ0v) is 14.7. The third-order valence-electron chi connectivity index (χ3n) is 5.13. The number of rotatable bonds is 2. The van der Waals surface area contributed by atoms with Crippen molar-refractivity contribution >= 4 is 5.71 Å². The fraction of sp³-hybridized carbons (Fsp3) is 0.174. The SMILES string of the molecule is Cc1cccc([C@H]2Oc3ccccc3[C@H]3CC(c4ccccc4)=NN32)c1. The molecule has 26 heavy (non-hydrogen) atoms. The van der Waals surface area contributed by atoms with Gasteiger partial charge in [0, 0.05) is 17.5 Å². The predicted molar refractivity (Wildman–Crippen MR) is 103 cm³/mol. The van der Waals surface area contributed by atoms with E-state index in [4.69, 9.17) is 9.84 Å². The van der Waals surface area contributed by atoms with E-state index in [9.17, 15) is 0 Å². The number of hydrazone groups is 1. The molecule has 3 aromatic rings. The second kappa shape index (κ2) is 6.03. The third kappa shape index (κ3) is 2.48. The van der Waals surface area contributed by atoms with Crippen molar-refractivity contribution in [3.05, 3.63) is 101 Å². The highest BCUT2D eigenvalue weighted by molar-refractivity contribution is 6.01. The average molecular weight is 340 g/mol. The maximum atomic E-state index is 6.39. The lowest BCUT2D eigenvalue weighted by atomic mass is 9.96. The predicted octanol–water partition coefficient (Wildman–Crippen LogP) is 5.24. The van der Waals surface area contributed by atoms with Crippen LogP contribution in [0, 0.1) is 6.92 Å². The van der Waals surface area contributed by atoms with E-state index < -0.39 is 0 Å². The lowest BCUT2D eigenvalue weighted by molar-refractivity contribution is -0.0190. The quantitative estimate of drug-likeness (QED) is 0.637. The first-order valence-corrected chi connectivity index (χ1v) is 9.03. The zero-order chi connectivity index (χ0) is 17.5. The molecule has 0 N–H and O–H groups in total. The van der Waals surface area contributed by atoms with Gasteiger partial charge in [-0.3, -0.25) is 0 Å². The van der Waals surface area contributed by atoms with Crippen molar-refractivity contribution in [1.29, 1.82) is 0 Å². The van der Waals surface area contributed by atoms with Crippen LogP contribution in [0.15, 0.2) is 84.0 Å². The van der Waals surface area contributed by atoms with E-state index in [1.807, 2.05) is 12.1 Å². The first-order chi connectivity index (χ1) is 12.8. The monoisotopic (exact) mass is 340 g/mol. The van der Waals surface area contributed by atoms with Crippen molar-refractivity contribution in [3.63, 3.8) is 0 Å². The number of para-hydroxylation sites is 1. The highest BCUT2D eigenvalue weighted by atomic mass is 16.5. The largest absolute Gasteiger partial charge is 0.464 e. The van der Waals surface area contributed by atoms with Crippen LogP contribution in [-0.2, 0) is 0 Å². The fourth-order valence-corrected chi connectivity index (χ4v) is 3.88. The lowest BCUT2D eigenvalue weighted by Gasteiger charge is -2.38. The summed E-state index contributed by atoms with van der Waals surface area (Å²) in [5.41, 5.74) is 5.89. The number of ether oxygens (including phenoxy) is 1. The molecule has 0 unspecified atom stereocenters. The van der Waals surface area contributed by atoms with Crippen LogP contribution >= 0.6 is 0 Å². The van der Waals surface area contributed by atoms with Gasteiger partial charge in [0.15, 0.2) is 0 Å². The van der Waals surface area contributed by atoms with Crippen molar-refractivity contribution in [2.24, 2.45) is 5.10 Å². The molecule has 3 aromatic carbocycles. The van der Waals surface area contributed by atoms with Gasteiger partial charge in [-0.1, -0.05) is 78.4 Å². The maximum Gasteiger partial charge on any atom is 0.213 e. The summed E-state index contributed by atoms with van der Waals surface area (Å²) in [5.74, 6) is 0.963. The van der Waals surface area contributed by atoms with Crippen molar-refractivity contribution in [2.45, 2.75) is 25.6 Å². The van der Waals surface area contributed by atoms with Crippen LogP contribution < -0.4 is 4.74 Å². The minimum atomic E-state index is -0.198. The van der Waals surface area contributed by atoms with Gasteiger partial charge in [-0.05, 0) is 18.6 Å². The van der Waals surface area contributed by atoms with E-state index in [2.05, 4.69) is 78.7 Å². The van der Waals surface area contributed by atoms with E-state index in [0.717, 1.165) is 23.4 Å². The summed E-state index contributed by atoms with van der Waals surface area (Å²) in [6.45, 7) is 2.11. The molecule has 2 heterocycles. The van der Waals surface area contributed by atoms with Crippen molar-refractivity contribution in [1.82, 2.24) is 5.01 Å². The van der Waals surface area contributed by atoms with Gasteiger partial charge in [0.2, 0.25) is 6.23 Å². The van der Waals surface area contributed by atoms with E-state index in [1.165, 1.54) is 16.7 Å². The highest BCUT2D eigenvalue weighted by Gasteiger charge is 2.40. The molecule has 0 saturated carbocycles. The normalized spacial score (nSPS) is 20.8. The van der Waals surface area contributed by atoms with E-state index in [0.29, 0.717) is 0 Å². The van der Waals surface area contributed by atoms with Crippen LogP contribution in [0.5, 0.6) is 5.75 Å². The molecule has 2 atom stereocenters. The second-order valence-electron chi connectivity index (χ2n) is 6.93. The Bertz CT molecular complexity index is 980. The molecule has 0 amide bonds. The Hall–Kier alpha value is -3.07. The zero-order valence-electron chi connectivity index (χ0n) is 14.7. The number of fused-ring (bicyclic) bond motifs is 3. The van der Waals surface area contributed by atoms with Gasteiger partial charge in [-0.15, -0.1) is 0 Å². The molecule has 0 saturated heterocycles. The molecule has 0 radical (unpaired) electrons. The summed E-state index contributed by atoms with van der Waals surface area (Å²) in [6.07, 6.45) is 0.697. The van der Waals surface area contributed by atoms with E-state index in [-0.39, 0.29) is 12.3 Å². The maximum absolute atomic E-state index is 6.39. The molecular formula is C23H20N2O. The van der Waals surface area contributed by atoms with Crippen LogP contribution in [0.25, 0.3) is 0 Å². The average Bonchev–Trinajstić information content (AvgIpc) is 3.14. The van der Waals surface area contributed by atoms with Crippen LogP contribution in [0.2, 0.25) is 0 Å². The molecule has 2 aliphatic heterocycles. The van der Waals surface area contributed by atoms with Gasteiger partial charge in [0.1, 0.15) is 5.75 Å². The van der Waals surface area contributed by atoms with E-state index >= 15 is 0 Å². The van der Waals surface area contributed by atoms with Gasteiger partial charge in [-0.25, -0.2) is 5.01 Å². The Morgan fingerprint density at radius 2 is 1.73 bits per heavy atom. The van der Waals surface area contributed by atoms with E-state index in [1.54, 1.807) is 0 Å². The third-order valence-corrected chi connectivity index (χ3v) is 5.13. The molecule has 0 spiro atoms. The summed E-state index contributed by atoms with van der Waals surface area (Å²) in [5, 5.41) is 7.13. The first kappa shape index (κ1) is 15.2. The molecule has 3 heteroatoms. The Morgan fingerprint density at radius 3 is 2.58 bits per heavy atom. The summed E-state index contributed by atoms with van der Waals surface area (Å²) >= 11 is 0. The summed E-state index contributed by atoms with van der Waals surface area (Å²) in [4.78, 5) is 0. The molecule has 0 fully saturated rings. The molecular weight excluding hydrogens is 320 g/mol. The molecule has 3 nitrogen and oxygen atoms in total. The standard InChI is InChI=1S/C23H20N2O/c1-16-8-7-11-18(14-16)23-25-21(19-12-5-6-13-22(19)26-23)15-20(24-25)17-9-3-2-4-10-17/h2-14,21,23H,15H2,1H3/t21-,23-/m1/s1. The Kier molecular flexibility index (Phi) is 3.52. The number of benzene rings is 3. The van der Waals surface area contributed by atoms with Gasteiger partial charge in [0.25, 0.3) is 0 Å².